The molecule has 2 aromatic carbocycles. The molecule has 0 aliphatic rings. The van der Waals surface area contributed by atoms with E-state index in [1.165, 1.54) is 0 Å². The van der Waals surface area contributed by atoms with Gasteiger partial charge in [0.05, 0.1) is 18.7 Å². The number of benzene rings is 2. The number of ether oxygens (including phenoxy) is 1. The predicted octanol–water partition coefficient (Wildman–Crippen LogP) is 4.38. The van der Waals surface area contributed by atoms with Crippen LogP contribution in [0.25, 0.3) is 10.4 Å². The number of rotatable bonds is 4. The summed E-state index contributed by atoms with van der Waals surface area (Å²) in [7, 11) is 1.59. The standard InChI is InChI=1S/C19H15NO2S/c1-22-17-6-3-2-5-15(17)19(21)14-9-8-13(12-20)11-16(14)18-7-4-10-23-18/h2-11,19,21H,1H3. The van der Waals surface area contributed by atoms with Crippen LogP contribution in [0.2, 0.25) is 0 Å². The Hall–Kier alpha value is -2.61. The van der Waals surface area contributed by atoms with Gasteiger partial charge in [0.15, 0.2) is 0 Å². The summed E-state index contributed by atoms with van der Waals surface area (Å²) in [5.74, 6) is 0.640. The molecule has 0 radical (unpaired) electrons. The maximum Gasteiger partial charge on any atom is 0.125 e. The summed E-state index contributed by atoms with van der Waals surface area (Å²) in [6, 6.07) is 18.9. The molecule has 4 heteroatoms. The molecule has 0 saturated heterocycles. The molecule has 0 amide bonds. The Balaban J connectivity index is 2.14. The number of methoxy groups -OCH3 is 1. The van der Waals surface area contributed by atoms with Gasteiger partial charge < -0.3 is 9.84 Å². The number of nitriles is 1. The number of hydrogen-bond acceptors (Lipinski definition) is 4. The quantitative estimate of drug-likeness (QED) is 0.776. The summed E-state index contributed by atoms with van der Waals surface area (Å²) in [6.45, 7) is 0. The highest BCUT2D eigenvalue weighted by Crippen LogP contribution is 2.37. The molecule has 1 heterocycles. The average molecular weight is 321 g/mol. The van der Waals surface area contributed by atoms with E-state index in [9.17, 15) is 5.11 Å². The van der Waals surface area contributed by atoms with Crippen molar-refractivity contribution < 1.29 is 9.84 Å². The van der Waals surface area contributed by atoms with Gasteiger partial charge in [-0.2, -0.15) is 5.26 Å². The Morgan fingerprint density at radius 1 is 1.09 bits per heavy atom. The van der Waals surface area contributed by atoms with E-state index in [1.807, 2.05) is 53.9 Å². The zero-order valence-electron chi connectivity index (χ0n) is 12.6. The molecule has 0 aliphatic heterocycles. The van der Waals surface area contributed by atoms with Crippen LogP contribution in [-0.4, -0.2) is 12.2 Å². The maximum absolute atomic E-state index is 10.9. The molecule has 0 spiro atoms. The molecule has 3 rings (SSSR count). The lowest BCUT2D eigenvalue weighted by molar-refractivity contribution is 0.215. The molecule has 3 aromatic rings. The van der Waals surface area contributed by atoms with Crippen molar-refractivity contribution in [2.45, 2.75) is 6.10 Å². The zero-order valence-corrected chi connectivity index (χ0v) is 13.4. The number of aliphatic hydroxyl groups is 1. The van der Waals surface area contributed by atoms with Crippen molar-refractivity contribution in [1.29, 1.82) is 5.26 Å². The van der Waals surface area contributed by atoms with Gasteiger partial charge in [0.2, 0.25) is 0 Å². The smallest absolute Gasteiger partial charge is 0.125 e. The largest absolute Gasteiger partial charge is 0.496 e. The van der Waals surface area contributed by atoms with Gasteiger partial charge in [0.25, 0.3) is 0 Å². The minimum atomic E-state index is -0.823. The molecule has 3 nitrogen and oxygen atoms in total. The van der Waals surface area contributed by atoms with Crippen molar-refractivity contribution in [3.63, 3.8) is 0 Å². The first-order valence-electron chi connectivity index (χ1n) is 7.13. The highest BCUT2D eigenvalue weighted by molar-refractivity contribution is 7.13. The fourth-order valence-electron chi connectivity index (χ4n) is 2.57. The van der Waals surface area contributed by atoms with Crippen LogP contribution in [-0.2, 0) is 0 Å². The average Bonchev–Trinajstić information content (AvgIpc) is 3.15. The molecule has 114 valence electrons. The van der Waals surface area contributed by atoms with E-state index in [2.05, 4.69) is 6.07 Å². The van der Waals surface area contributed by atoms with Crippen LogP contribution in [0.15, 0.2) is 60.0 Å². The SMILES string of the molecule is COc1ccccc1C(O)c1ccc(C#N)cc1-c1cccs1. The van der Waals surface area contributed by atoms with E-state index in [1.54, 1.807) is 24.5 Å². The molecule has 1 atom stereocenters. The Labute approximate surface area is 139 Å². The van der Waals surface area contributed by atoms with E-state index in [0.717, 1.165) is 16.0 Å². The highest BCUT2D eigenvalue weighted by Gasteiger charge is 2.19. The van der Waals surface area contributed by atoms with Crippen molar-refractivity contribution in [1.82, 2.24) is 0 Å². The molecule has 1 N–H and O–H groups in total. The third kappa shape index (κ3) is 2.98. The van der Waals surface area contributed by atoms with Crippen LogP contribution in [0.4, 0.5) is 0 Å². The van der Waals surface area contributed by atoms with Crippen molar-refractivity contribution >= 4 is 11.3 Å². The summed E-state index contributed by atoms with van der Waals surface area (Å²) in [6.07, 6.45) is -0.823. The zero-order chi connectivity index (χ0) is 16.2. The third-order valence-electron chi connectivity index (χ3n) is 3.70. The van der Waals surface area contributed by atoms with Crippen LogP contribution in [0.5, 0.6) is 5.75 Å². The lowest BCUT2D eigenvalue weighted by Crippen LogP contribution is -2.04. The molecule has 23 heavy (non-hydrogen) atoms. The Morgan fingerprint density at radius 3 is 2.61 bits per heavy atom. The monoisotopic (exact) mass is 321 g/mol. The lowest BCUT2D eigenvalue weighted by atomic mass is 9.94. The second-order valence-electron chi connectivity index (χ2n) is 5.04. The second-order valence-corrected chi connectivity index (χ2v) is 5.98. The number of thiophene rings is 1. The van der Waals surface area contributed by atoms with E-state index in [-0.39, 0.29) is 0 Å². The second kappa shape index (κ2) is 6.66. The number of nitrogens with zero attached hydrogens (tertiary/aromatic N) is 1. The summed E-state index contributed by atoms with van der Waals surface area (Å²) in [5, 5.41) is 22.0. The van der Waals surface area contributed by atoms with Crippen LogP contribution in [0, 0.1) is 11.3 Å². The van der Waals surface area contributed by atoms with E-state index < -0.39 is 6.10 Å². The fraction of sp³-hybridized carbons (Fsp3) is 0.105. The minimum Gasteiger partial charge on any atom is -0.496 e. The van der Waals surface area contributed by atoms with Crippen LogP contribution in [0.1, 0.15) is 22.8 Å². The van der Waals surface area contributed by atoms with Gasteiger partial charge in [0, 0.05) is 10.4 Å². The van der Waals surface area contributed by atoms with Crippen molar-refractivity contribution in [3.05, 3.63) is 76.7 Å². The lowest BCUT2D eigenvalue weighted by Gasteiger charge is -2.18. The molecular formula is C19H15NO2S. The summed E-state index contributed by atoms with van der Waals surface area (Å²) in [4.78, 5) is 1.02. The van der Waals surface area contributed by atoms with E-state index in [0.29, 0.717) is 16.9 Å². The highest BCUT2D eigenvalue weighted by atomic mass is 32.1. The number of aliphatic hydroxyl groups excluding tert-OH is 1. The topological polar surface area (TPSA) is 53.2 Å². The van der Waals surface area contributed by atoms with Crippen molar-refractivity contribution in [2.24, 2.45) is 0 Å². The third-order valence-corrected chi connectivity index (χ3v) is 4.60. The van der Waals surface area contributed by atoms with E-state index >= 15 is 0 Å². The maximum atomic E-state index is 10.9. The summed E-state index contributed by atoms with van der Waals surface area (Å²) in [5.41, 5.74) is 2.91. The molecule has 1 aromatic heterocycles. The Bertz CT molecular complexity index is 850. The first-order chi connectivity index (χ1) is 11.2. The fourth-order valence-corrected chi connectivity index (χ4v) is 3.33. The van der Waals surface area contributed by atoms with Gasteiger partial charge in [-0.1, -0.05) is 30.3 Å². The van der Waals surface area contributed by atoms with Gasteiger partial charge in [-0.05, 0) is 40.8 Å². The first kappa shape index (κ1) is 15.3. The van der Waals surface area contributed by atoms with Gasteiger partial charge in [-0.3, -0.25) is 0 Å². The molecule has 0 bridgehead atoms. The molecule has 0 saturated carbocycles. The Kier molecular flexibility index (Phi) is 4.42. The summed E-state index contributed by atoms with van der Waals surface area (Å²) < 4.78 is 5.35. The van der Waals surface area contributed by atoms with E-state index in [4.69, 9.17) is 10.00 Å². The van der Waals surface area contributed by atoms with Gasteiger partial charge in [-0.15, -0.1) is 11.3 Å². The van der Waals surface area contributed by atoms with Gasteiger partial charge in [0.1, 0.15) is 11.9 Å². The Morgan fingerprint density at radius 2 is 1.91 bits per heavy atom. The van der Waals surface area contributed by atoms with Crippen LogP contribution in [0.3, 0.4) is 0 Å². The van der Waals surface area contributed by atoms with Gasteiger partial charge >= 0.3 is 0 Å². The normalized spacial score (nSPS) is 11.7. The van der Waals surface area contributed by atoms with Crippen LogP contribution < -0.4 is 4.74 Å². The molecule has 1 unspecified atom stereocenters. The minimum absolute atomic E-state index is 0.573. The van der Waals surface area contributed by atoms with Crippen molar-refractivity contribution in [3.8, 4) is 22.3 Å². The molecule has 0 aliphatic carbocycles. The number of hydrogen-bond donors (Lipinski definition) is 1. The predicted molar refractivity (Wildman–Crippen MR) is 91.5 cm³/mol. The number of para-hydroxylation sites is 1. The van der Waals surface area contributed by atoms with Crippen LogP contribution >= 0.6 is 11.3 Å². The molecular weight excluding hydrogens is 306 g/mol. The summed E-state index contributed by atoms with van der Waals surface area (Å²) >= 11 is 1.58. The van der Waals surface area contributed by atoms with Gasteiger partial charge in [-0.25, -0.2) is 0 Å². The first-order valence-corrected chi connectivity index (χ1v) is 8.01. The van der Waals surface area contributed by atoms with Crippen molar-refractivity contribution in [2.75, 3.05) is 7.11 Å². The molecule has 0 fully saturated rings.